The summed E-state index contributed by atoms with van der Waals surface area (Å²) < 4.78 is 42.3. The number of carbonyl (C=O) groups excluding carboxylic acids is 1. The van der Waals surface area contributed by atoms with E-state index in [1.165, 1.54) is 6.07 Å². The molecule has 2 aromatic heterocycles. The predicted octanol–water partition coefficient (Wildman–Crippen LogP) is 5.34. The number of anilines is 1. The standard InChI is InChI=1S/C25H21ClF3N5O/c1-16-5-7-17(8-6-16)20-14-22(25(27,28)29)34-23(30-20)15-21(31-34)24(35)33-11-9-32(10-12-33)19-4-2-3-18(26)13-19/h2-8,13-15H,9-12H2,1H3. The lowest BCUT2D eigenvalue weighted by molar-refractivity contribution is -0.142. The van der Waals surface area contributed by atoms with E-state index in [2.05, 4.69) is 15.0 Å². The van der Waals surface area contributed by atoms with E-state index in [9.17, 15) is 18.0 Å². The quantitative estimate of drug-likeness (QED) is 0.382. The molecule has 0 spiro atoms. The minimum absolute atomic E-state index is 0.0312. The zero-order valence-corrected chi connectivity index (χ0v) is 19.5. The number of nitrogens with zero attached hydrogens (tertiary/aromatic N) is 5. The molecule has 2 aromatic carbocycles. The molecule has 0 aliphatic carbocycles. The monoisotopic (exact) mass is 499 g/mol. The fraction of sp³-hybridized carbons (Fsp3) is 0.240. The second-order valence-electron chi connectivity index (χ2n) is 8.45. The molecule has 180 valence electrons. The van der Waals surface area contributed by atoms with Gasteiger partial charge in [-0.15, -0.1) is 0 Å². The Hall–Kier alpha value is -3.59. The number of piperazine rings is 1. The second-order valence-corrected chi connectivity index (χ2v) is 8.89. The lowest BCUT2D eigenvalue weighted by Crippen LogP contribution is -2.48. The highest BCUT2D eigenvalue weighted by molar-refractivity contribution is 6.30. The van der Waals surface area contributed by atoms with Crippen LogP contribution in [0.25, 0.3) is 16.9 Å². The van der Waals surface area contributed by atoms with Gasteiger partial charge in [0.2, 0.25) is 0 Å². The van der Waals surface area contributed by atoms with Gasteiger partial charge in [-0.1, -0.05) is 47.5 Å². The number of hydrogen-bond donors (Lipinski definition) is 0. The molecule has 0 unspecified atom stereocenters. The van der Waals surface area contributed by atoms with E-state index in [1.54, 1.807) is 23.1 Å². The van der Waals surface area contributed by atoms with Crippen LogP contribution in [0.4, 0.5) is 18.9 Å². The van der Waals surface area contributed by atoms with Crippen molar-refractivity contribution in [2.75, 3.05) is 31.1 Å². The summed E-state index contributed by atoms with van der Waals surface area (Å²) in [7, 11) is 0. The molecule has 0 saturated carbocycles. The molecule has 1 saturated heterocycles. The molecule has 1 aliphatic rings. The summed E-state index contributed by atoms with van der Waals surface area (Å²) in [5, 5.41) is 4.63. The molecule has 0 radical (unpaired) electrons. The van der Waals surface area contributed by atoms with Crippen molar-refractivity contribution >= 4 is 28.8 Å². The van der Waals surface area contributed by atoms with E-state index in [4.69, 9.17) is 11.6 Å². The summed E-state index contributed by atoms with van der Waals surface area (Å²) in [6.45, 7) is 3.86. The van der Waals surface area contributed by atoms with E-state index in [0.717, 1.165) is 17.3 Å². The highest BCUT2D eigenvalue weighted by Gasteiger charge is 2.36. The minimum Gasteiger partial charge on any atom is -0.368 e. The third kappa shape index (κ3) is 4.68. The van der Waals surface area contributed by atoms with Crippen molar-refractivity contribution in [2.45, 2.75) is 13.1 Å². The normalized spacial score (nSPS) is 14.5. The molecular weight excluding hydrogens is 479 g/mol. The fourth-order valence-corrected chi connectivity index (χ4v) is 4.34. The van der Waals surface area contributed by atoms with E-state index in [0.29, 0.717) is 41.3 Å². The fourth-order valence-electron chi connectivity index (χ4n) is 4.16. The maximum Gasteiger partial charge on any atom is 0.433 e. The Kier molecular flexibility index (Phi) is 5.88. The predicted molar refractivity (Wildman–Crippen MR) is 128 cm³/mol. The van der Waals surface area contributed by atoms with Crippen LogP contribution in [-0.4, -0.2) is 51.6 Å². The summed E-state index contributed by atoms with van der Waals surface area (Å²) in [5.41, 5.74) is 1.58. The number of halogens is 4. The molecule has 1 aliphatic heterocycles. The average molecular weight is 500 g/mol. The second kappa shape index (κ2) is 8.88. The zero-order chi connectivity index (χ0) is 24.7. The first-order valence-electron chi connectivity index (χ1n) is 11.0. The summed E-state index contributed by atoms with van der Waals surface area (Å²) in [6.07, 6.45) is -4.67. The summed E-state index contributed by atoms with van der Waals surface area (Å²) in [4.78, 5) is 21.2. The molecule has 1 fully saturated rings. The Balaban J connectivity index is 1.43. The molecule has 4 aromatic rings. The van der Waals surface area contributed by atoms with Gasteiger partial charge in [-0.25, -0.2) is 9.50 Å². The van der Waals surface area contributed by atoms with Crippen molar-refractivity contribution in [1.29, 1.82) is 0 Å². The number of aryl methyl sites for hydroxylation is 1. The maximum absolute atomic E-state index is 13.9. The minimum atomic E-state index is -4.67. The van der Waals surface area contributed by atoms with Gasteiger partial charge in [-0.3, -0.25) is 4.79 Å². The van der Waals surface area contributed by atoms with Crippen molar-refractivity contribution in [3.8, 4) is 11.3 Å². The Morgan fingerprint density at radius 2 is 1.69 bits per heavy atom. The molecular formula is C25H21ClF3N5O. The number of rotatable bonds is 3. The molecule has 5 rings (SSSR count). The van der Waals surface area contributed by atoms with Crippen molar-refractivity contribution in [2.24, 2.45) is 0 Å². The Morgan fingerprint density at radius 1 is 0.971 bits per heavy atom. The summed E-state index contributed by atoms with van der Waals surface area (Å²) in [6, 6.07) is 16.8. The van der Waals surface area contributed by atoms with Gasteiger partial charge in [-0.2, -0.15) is 18.3 Å². The molecule has 6 nitrogen and oxygen atoms in total. The van der Waals surface area contributed by atoms with Gasteiger partial charge >= 0.3 is 6.18 Å². The van der Waals surface area contributed by atoms with Crippen molar-refractivity contribution in [1.82, 2.24) is 19.5 Å². The number of hydrogen-bond acceptors (Lipinski definition) is 4. The Morgan fingerprint density at radius 3 is 2.34 bits per heavy atom. The molecule has 0 N–H and O–H groups in total. The molecule has 0 bridgehead atoms. The summed E-state index contributed by atoms with van der Waals surface area (Å²) >= 11 is 6.08. The smallest absolute Gasteiger partial charge is 0.368 e. The summed E-state index contributed by atoms with van der Waals surface area (Å²) in [5.74, 6) is -0.425. The number of amides is 1. The SMILES string of the molecule is Cc1ccc(-c2cc(C(F)(F)F)n3nc(C(=O)N4CCN(c5cccc(Cl)c5)CC4)cc3n2)cc1. The van der Waals surface area contributed by atoms with Crippen LogP contribution in [0.5, 0.6) is 0 Å². The first-order valence-corrected chi connectivity index (χ1v) is 11.4. The maximum atomic E-state index is 13.9. The third-order valence-electron chi connectivity index (χ3n) is 6.02. The van der Waals surface area contributed by atoms with Gasteiger partial charge < -0.3 is 9.80 Å². The molecule has 0 atom stereocenters. The zero-order valence-electron chi connectivity index (χ0n) is 18.8. The lowest BCUT2D eigenvalue weighted by atomic mass is 10.1. The van der Waals surface area contributed by atoms with Crippen molar-refractivity contribution in [3.63, 3.8) is 0 Å². The number of alkyl halides is 3. The van der Waals surface area contributed by atoms with Crippen molar-refractivity contribution < 1.29 is 18.0 Å². The largest absolute Gasteiger partial charge is 0.433 e. The highest BCUT2D eigenvalue weighted by atomic mass is 35.5. The third-order valence-corrected chi connectivity index (χ3v) is 6.26. The first kappa shape index (κ1) is 23.2. The molecule has 10 heteroatoms. The number of fused-ring (bicyclic) bond motifs is 1. The lowest BCUT2D eigenvalue weighted by Gasteiger charge is -2.35. The van der Waals surface area contributed by atoms with Crippen LogP contribution < -0.4 is 4.90 Å². The molecule has 1 amide bonds. The van der Waals surface area contributed by atoms with E-state index in [1.807, 2.05) is 37.3 Å². The molecule has 3 heterocycles. The van der Waals surface area contributed by atoms with Crippen LogP contribution in [-0.2, 0) is 6.18 Å². The van der Waals surface area contributed by atoms with Gasteiger partial charge in [0, 0.05) is 48.5 Å². The van der Waals surface area contributed by atoms with Crippen LogP contribution in [0, 0.1) is 6.92 Å². The van der Waals surface area contributed by atoms with Crippen LogP contribution in [0.3, 0.4) is 0 Å². The Bertz CT molecular complexity index is 1390. The number of benzene rings is 2. The number of carbonyl (C=O) groups is 1. The van der Waals surface area contributed by atoms with E-state index < -0.39 is 17.8 Å². The highest BCUT2D eigenvalue weighted by Crippen LogP contribution is 2.32. The van der Waals surface area contributed by atoms with Crippen molar-refractivity contribution in [3.05, 3.63) is 82.6 Å². The van der Waals surface area contributed by atoms with Gasteiger partial charge in [0.1, 0.15) is 0 Å². The van der Waals surface area contributed by atoms with Crippen LogP contribution in [0.2, 0.25) is 5.02 Å². The van der Waals surface area contributed by atoms with Crippen LogP contribution in [0.1, 0.15) is 21.7 Å². The first-order chi connectivity index (χ1) is 16.7. The number of aromatic nitrogens is 3. The average Bonchev–Trinajstić information content (AvgIpc) is 3.27. The van der Waals surface area contributed by atoms with Gasteiger partial charge in [0.05, 0.1) is 5.69 Å². The van der Waals surface area contributed by atoms with Gasteiger partial charge in [-0.05, 0) is 31.2 Å². The Labute approximate surface area is 204 Å². The van der Waals surface area contributed by atoms with E-state index in [-0.39, 0.29) is 17.0 Å². The topological polar surface area (TPSA) is 53.7 Å². The van der Waals surface area contributed by atoms with Crippen LogP contribution >= 0.6 is 11.6 Å². The van der Waals surface area contributed by atoms with Crippen LogP contribution in [0.15, 0.2) is 60.7 Å². The van der Waals surface area contributed by atoms with E-state index >= 15 is 0 Å². The van der Waals surface area contributed by atoms with Gasteiger partial charge in [0.15, 0.2) is 17.0 Å². The molecule has 35 heavy (non-hydrogen) atoms. The van der Waals surface area contributed by atoms with Gasteiger partial charge in [0.25, 0.3) is 5.91 Å².